The van der Waals surface area contributed by atoms with Gasteiger partial charge in [-0.2, -0.15) is 0 Å². The van der Waals surface area contributed by atoms with Crippen molar-refractivity contribution in [1.82, 2.24) is 5.32 Å². The first-order valence-corrected chi connectivity index (χ1v) is 6.51. The summed E-state index contributed by atoms with van der Waals surface area (Å²) >= 11 is 12.1. The zero-order valence-electron chi connectivity index (χ0n) is 9.67. The Labute approximate surface area is 111 Å². The Morgan fingerprint density at radius 1 is 1.35 bits per heavy atom. The Kier molecular flexibility index (Phi) is 4.08. The van der Waals surface area contributed by atoms with E-state index in [1.54, 1.807) is 18.2 Å². The molecule has 1 N–H and O–H groups in total. The number of halogens is 2. The van der Waals surface area contributed by atoms with Crippen LogP contribution >= 0.6 is 23.2 Å². The maximum absolute atomic E-state index is 12.2. The topological polar surface area (TPSA) is 29.1 Å². The van der Waals surface area contributed by atoms with Crippen LogP contribution in [0.15, 0.2) is 18.2 Å². The standard InChI is InChI=1S/C13H15Cl2NO/c1-8-6-16-7-10(8)13(17)5-9-11(14)3-2-4-12(9)15/h2-4,8,10,16H,5-7H2,1H3. The third-order valence-corrected chi connectivity index (χ3v) is 4.05. The largest absolute Gasteiger partial charge is 0.316 e. The quantitative estimate of drug-likeness (QED) is 0.916. The number of carbonyl (C=O) groups is 1. The SMILES string of the molecule is CC1CNCC1C(=O)Cc1c(Cl)cccc1Cl. The highest BCUT2D eigenvalue weighted by atomic mass is 35.5. The number of rotatable bonds is 3. The van der Waals surface area contributed by atoms with Crippen LogP contribution in [0, 0.1) is 11.8 Å². The summed E-state index contributed by atoms with van der Waals surface area (Å²) in [6, 6.07) is 5.33. The molecular formula is C13H15Cl2NO. The maximum Gasteiger partial charge on any atom is 0.142 e. The minimum Gasteiger partial charge on any atom is -0.316 e. The van der Waals surface area contributed by atoms with Crippen LogP contribution in [-0.2, 0) is 11.2 Å². The first-order chi connectivity index (χ1) is 8.09. The van der Waals surface area contributed by atoms with Crippen molar-refractivity contribution in [2.75, 3.05) is 13.1 Å². The number of nitrogens with one attached hydrogen (secondary N) is 1. The lowest BCUT2D eigenvalue weighted by Gasteiger charge is -2.14. The molecule has 2 rings (SSSR count). The summed E-state index contributed by atoms with van der Waals surface area (Å²) < 4.78 is 0. The minimum absolute atomic E-state index is 0.0855. The minimum atomic E-state index is 0.0855. The molecule has 1 heterocycles. The van der Waals surface area contributed by atoms with Gasteiger partial charge in [0.25, 0.3) is 0 Å². The van der Waals surface area contributed by atoms with Gasteiger partial charge in [-0.15, -0.1) is 0 Å². The van der Waals surface area contributed by atoms with Gasteiger partial charge >= 0.3 is 0 Å². The van der Waals surface area contributed by atoms with Gasteiger partial charge in [-0.1, -0.05) is 36.2 Å². The van der Waals surface area contributed by atoms with Gasteiger partial charge in [0.15, 0.2) is 0 Å². The number of Topliss-reactive ketones (excluding diaryl/α,β-unsaturated/α-hetero) is 1. The van der Waals surface area contributed by atoms with Crippen molar-refractivity contribution in [3.8, 4) is 0 Å². The summed E-state index contributed by atoms with van der Waals surface area (Å²) in [5.41, 5.74) is 0.750. The van der Waals surface area contributed by atoms with Gasteiger partial charge in [0.05, 0.1) is 0 Å². The van der Waals surface area contributed by atoms with Crippen LogP contribution in [0.4, 0.5) is 0 Å². The fraction of sp³-hybridized carbons (Fsp3) is 0.462. The van der Waals surface area contributed by atoms with Crippen LogP contribution in [0.5, 0.6) is 0 Å². The molecule has 92 valence electrons. The van der Waals surface area contributed by atoms with E-state index < -0.39 is 0 Å². The van der Waals surface area contributed by atoms with Gasteiger partial charge in [0.1, 0.15) is 5.78 Å². The van der Waals surface area contributed by atoms with E-state index >= 15 is 0 Å². The first kappa shape index (κ1) is 12.9. The first-order valence-electron chi connectivity index (χ1n) is 5.76. The van der Waals surface area contributed by atoms with Gasteiger partial charge in [-0.25, -0.2) is 0 Å². The van der Waals surface area contributed by atoms with Crippen LogP contribution < -0.4 is 5.32 Å². The maximum atomic E-state index is 12.2. The molecule has 1 saturated heterocycles. The molecule has 2 nitrogen and oxygen atoms in total. The summed E-state index contributed by atoms with van der Waals surface area (Å²) in [5, 5.41) is 4.38. The molecule has 1 aliphatic rings. The van der Waals surface area contributed by atoms with Crippen LogP contribution in [0.3, 0.4) is 0 Å². The number of hydrogen-bond donors (Lipinski definition) is 1. The van der Waals surface area contributed by atoms with E-state index in [9.17, 15) is 4.79 Å². The second-order valence-corrected chi connectivity index (χ2v) is 5.40. The highest BCUT2D eigenvalue weighted by Crippen LogP contribution is 2.27. The Morgan fingerprint density at radius 3 is 2.53 bits per heavy atom. The van der Waals surface area contributed by atoms with Crippen LogP contribution in [0.2, 0.25) is 10.0 Å². The molecule has 2 unspecified atom stereocenters. The zero-order chi connectivity index (χ0) is 12.4. The number of carbonyl (C=O) groups excluding carboxylic acids is 1. The molecule has 2 atom stereocenters. The Morgan fingerprint density at radius 2 is 2.00 bits per heavy atom. The van der Waals surface area contributed by atoms with E-state index in [2.05, 4.69) is 12.2 Å². The van der Waals surface area contributed by atoms with E-state index in [0.717, 1.165) is 18.7 Å². The predicted molar refractivity (Wildman–Crippen MR) is 70.7 cm³/mol. The van der Waals surface area contributed by atoms with Crippen molar-refractivity contribution < 1.29 is 4.79 Å². The molecule has 0 saturated carbocycles. The molecule has 0 aliphatic carbocycles. The number of ketones is 1. The summed E-state index contributed by atoms with van der Waals surface area (Å²) in [6.45, 7) is 3.77. The van der Waals surface area contributed by atoms with E-state index in [-0.39, 0.29) is 11.7 Å². The molecule has 1 aromatic carbocycles. The van der Waals surface area contributed by atoms with E-state index in [1.807, 2.05) is 0 Å². The highest BCUT2D eigenvalue weighted by Gasteiger charge is 2.29. The molecule has 0 bridgehead atoms. The third-order valence-electron chi connectivity index (χ3n) is 3.34. The number of benzene rings is 1. The monoisotopic (exact) mass is 271 g/mol. The molecule has 0 amide bonds. The van der Waals surface area contributed by atoms with E-state index in [4.69, 9.17) is 23.2 Å². The summed E-state index contributed by atoms with van der Waals surface area (Å²) in [6.07, 6.45) is 0.329. The van der Waals surface area contributed by atoms with Gasteiger partial charge < -0.3 is 5.32 Å². The third kappa shape index (κ3) is 2.82. The molecule has 1 fully saturated rings. The van der Waals surface area contributed by atoms with Gasteiger partial charge in [0.2, 0.25) is 0 Å². The molecule has 4 heteroatoms. The van der Waals surface area contributed by atoms with Crippen molar-refractivity contribution in [2.24, 2.45) is 11.8 Å². The fourth-order valence-electron chi connectivity index (χ4n) is 2.25. The Hall–Kier alpha value is -0.570. The van der Waals surface area contributed by atoms with Crippen LogP contribution in [-0.4, -0.2) is 18.9 Å². The summed E-state index contributed by atoms with van der Waals surface area (Å²) in [5.74, 6) is 0.698. The smallest absolute Gasteiger partial charge is 0.142 e. The van der Waals surface area contributed by atoms with Crippen molar-refractivity contribution in [3.05, 3.63) is 33.8 Å². The molecular weight excluding hydrogens is 257 g/mol. The molecule has 17 heavy (non-hydrogen) atoms. The summed E-state index contributed by atoms with van der Waals surface area (Å²) in [7, 11) is 0. The summed E-state index contributed by atoms with van der Waals surface area (Å²) in [4.78, 5) is 12.2. The van der Waals surface area contributed by atoms with Crippen LogP contribution in [0.1, 0.15) is 12.5 Å². The average Bonchev–Trinajstić information content (AvgIpc) is 2.70. The van der Waals surface area contributed by atoms with Crippen molar-refractivity contribution >= 4 is 29.0 Å². The van der Waals surface area contributed by atoms with E-state index in [1.165, 1.54) is 0 Å². The van der Waals surface area contributed by atoms with Gasteiger partial charge in [-0.05, 0) is 30.2 Å². The zero-order valence-corrected chi connectivity index (χ0v) is 11.2. The molecule has 0 aromatic heterocycles. The van der Waals surface area contributed by atoms with E-state index in [0.29, 0.717) is 22.4 Å². The second kappa shape index (κ2) is 5.38. The van der Waals surface area contributed by atoms with Crippen LogP contribution in [0.25, 0.3) is 0 Å². The molecule has 0 radical (unpaired) electrons. The molecule has 0 spiro atoms. The Bertz CT molecular complexity index is 413. The normalized spacial score (nSPS) is 23.9. The second-order valence-electron chi connectivity index (χ2n) is 4.59. The molecule has 1 aliphatic heterocycles. The lowest BCUT2D eigenvalue weighted by atomic mass is 9.90. The predicted octanol–water partition coefficient (Wildman–Crippen LogP) is 2.96. The van der Waals surface area contributed by atoms with Gasteiger partial charge in [-0.3, -0.25) is 4.79 Å². The lowest BCUT2D eigenvalue weighted by molar-refractivity contribution is -0.122. The lowest BCUT2D eigenvalue weighted by Crippen LogP contribution is -2.23. The fourth-order valence-corrected chi connectivity index (χ4v) is 2.78. The van der Waals surface area contributed by atoms with Gasteiger partial charge in [0, 0.05) is 28.9 Å². The average molecular weight is 272 g/mol. The number of hydrogen-bond acceptors (Lipinski definition) is 2. The van der Waals surface area contributed by atoms with Crippen molar-refractivity contribution in [3.63, 3.8) is 0 Å². The molecule has 1 aromatic rings. The highest BCUT2D eigenvalue weighted by molar-refractivity contribution is 6.36. The van der Waals surface area contributed by atoms with Crippen molar-refractivity contribution in [2.45, 2.75) is 13.3 Å². The van der Waals surface area contributed by atoms with Crippen molar-refractivity contribution in [1.29, 1.82) is 0 Å². The Balaban J connectivity index is 2.13.